The molecule has 0 N–H and O–H groups in total. The summed E-state index contributed by atoms with van der Waals surface area (Å²) in [6.07, 6.45) is 2.18. The van der Waals surface area contributed by atoms with E-state index in [0.717, 1.165) is 5.57 Å². The van der Waals surface area contributed by atoms with Gasteiger partial charge in [-0.15, -0.1) is 0 Å². The molecule has 3 heteroatoms. The third-order valence-electron chi connectivity index (χ3n) is 2.10. The summed E-state index contributed by atoms with van der Waals surface area (Å²) in [6, 6.07) is 6.64. The summed E-state index contributed by atoms with van der Waals surface area (Å²) in [7, 11) is 0. The summed E-state index contributed by atoms with van der Waals surface area (Å²) < 4.78 is 18.7. The van der Waals surface area contributed by atoms with E-state index < -0.39 is 0 Å². The molecule has 0 aliphatic heterocycles. The first kappa shape index (κ1) is 13.2. The third-order valence-corrected chi connectivity index (χ3v) is 2.10. The maximum atomic E-state index is 13.3. The van der Waals surface area contributed by atoms with Crippen LogP contribution in [0.1, 0.15) is 12.5 Å². The Morgan fingerprint density at radius 3 is 2.76 bits per heavy atom. The lowest BCUT2D eigenvalue weighted by Crippen LogP contribution is -1.99. The zero-order valence-electron chi connectivity index (χ0n) is 9.95. The molecule has 0 saturated heterocycles. The molecular formula is C14H16FNO. The molecule has 0 radical (unpaired) electrons. The Kier molecular flexibility index (Phi) is 5.14. The highest BCUT2D eigenvalue weighted by atomic mass is 19.1. The first-order valence-corrected chi connectivity index (χ1v) is 5.33. The van der Waals surface area contributed by atoms with Crippen LogP contribution in [0.25, 0.3) is 0 Å². The molecule has 1 aromatic carbocycles. The Bertz CT molecular complexity index is 438. The molecule has 1 rings (SSSR count). The van der Waals surface area contributed by atoms with Gasteiger partial charge in [-0.1, -0.05) is 30.4 Å². The minimum Gasteiger partial charge on any atom is -0.477 e. The summed E-state index contributed by atoms with van der Waals surface area (Å²) in [5, 5.41) is 0. The maximum Gasteiger partial charge on any atom is 0.212 e. The van der Waals surface area contributed by atoms with E-state index in [1.807, 2.05) is 6.92 Å². The van der Waals surface area contributed by atoms with Gasteiger partial charge in [-0.3, -0.25) is 0 Å². The van der Waals surface area contributed by atoms with Gasteiger partial charge in [-0.25, -0.2) is 9.38 Å². The molecule has 0 unspecified atom stereocenters. The number of hydrogen-bond acceptors (Lipinski definition) is 2. The maximum absolute atomic E-state index is 13.3. The van der Waals surface area contributed by atoms with Crippen molar-refractivity contribution >= 4 is 6.72 Å². The second kappa shape index (κ2) is 6.63. The number of ether oxygens (including phenoxy) is 1. The number of benzene rings is 1. The van der Waals surface area contributed by atoms with Gasteiger partial charge >= 0.3 is 0 Å². The quantitative estimate of drug-likeness (QED) is 0.418. The van der Waals surface area contributed by atoms with Crippen molar-refractivity contribution in [3.05, 3.63) is 59.8 Å². The van der Waals surface area contributed by atoms with Gasteiger partial charge in [0.25, 0.3) is 0 Å². The van der Waals surface area contributed by atoms with Crippen LogP contribution in [0.3, 0.4) is 0 Å². The van der Waals surface area contributed by atoms with E-state index in [9.17, 15) is 4.39 Å². The van der Waals surface area contributed by atoms with Crippen molar-refractivity contribution < 1.29 is 9.13 Å². The minimum absolute atomic E-state index is 0.215. The molecule has 0 spiro atoms. The van der Waals surface area contributed by atoms with E-state index in [2.05, 4.69) is 18.3 Å². The van der Waals surface area contributed by atoms with Crippen LogP contribution < -0.4 is 0 Å². The van der Waals surface area contributed by atoms with Crippen molar-refractivity contribution in [3.8, 4) is 0 Å². The molecule has 0 aliphatic rings. The molecule has 0 fully saturated rings. The van der Waals surface area contributed by atoms with Crippen LogP contribution in [0.4, 0.5) is 4.39 Å². The zero-order valence-corrected chi connectivity index (χ0v) is 9.95. The van der Waals surface area contributed by atoms with Gasteiger partial charge in [0.05, 0.1) is 6.61 Å². The summed E-state index contributed by atoms with van der Waals surface area (Å²) in [6.45, 7) is 9.32. The largest absolute Gasteiger partial charge is 0.477 e. The Balaban J connectivity index is 2.50. The van der Waals surface area contributed by atoms with Crippen molar-refractivity contribution in [2.75, 3.05) is 6.61 Å². The Hall–Kier alpha value is -1.90. The molecule has 0 amide bonds. The molecule has 0 saturated carbocycles. The van der Waals surface area contributed by atoms with E-state index in [4.69, 9.17) is 4.74 Å². The fourth-order valence-electron chi connectivity index (χ4n) is 1.31. The first-order chi connectivity index (χ1) is 8.13. The van der Waals surface area contributed by atoms with Crippen molar-refractivity contribution in [2.45, 2.75) is 13.3 Å². The molecule has 0 heterocycles. The normalized spacial score (nSPS) is 11.1. The SMILES string of the molecule is C=N/C(=C\C(=C)C)OCCc1ccccc1F. The fraction of sp³-hybridized carbons (Fsp3) is 0.214. The van der Waals surface area contributed by atoms with E-state index in [0.29, 0.717) is 24.5 Å². The third kappa shape index (κ3) is 4.64. The molecule has 0 atom stereocenters. The van der Waals surface area contributed by atoms with Gasteiger partial charge in [0.15, 0.2) is 0 Å². The summed E-state index contributed by atoms with van der Waals surface area (Å²) in [4.78, 5) is 3.72. The minimum atomic E-state index is -0.215. The highest BCUT2D eigenvalue weighted by Gasteiger charge is 2.01. The Morgan fingerprint density at radius 2 is 2.18 bits per heavy atom. The average Bonchev–Trinajstić information content (AvgIpc) is 2.29. The van der Waals surface area contributed by atoms with Crippen LogP contribution >= 0.6 is 0 Å². The van der Waals surface area contributed by atoms with Crippen LogP contribution in [0.15, 0.2) is 53.4 Å². The van der Waals surface area contributed by atoms with Crippen molar-refractivity contribution in [2.24, 2.45) is 4.99 Å². The van der Waals surface area contributed by atoms with Crippen LogP contribution in [-0.4, -0.2) is 13.3 Å². The van der Waals surface area contributed by atoms with Gasteiger partial charge in [0, 0.05) is 12.5 Å². The van der Waals surface area contributed by atoms with Gasteiger partial charge in [0.2, 0.25) is 5.88 Å². The smallest absolute Gasteiger partial charge is 0.212 e. The van der Waals surface area contributed by atoms with E-state index in [1.165, 1.54) is 6.07 Å². The Morgan fingerprint density at radius 1 is 1.47 bits per heavy atom. The van der Waals surface area contributed by atoms with Crippen LogP contribution in [0.5, 0.6) is 0 Å². The van der Waals surface area contributed by atoms with Gasteiger partial charge in [-0.05, 0) is 25.3 Å². The second-order valence-electron chi connectivity index (χ2n) is 3.68. The molecule has 17 heavy (non-hydrogen) atoms. The predicted octanol–water partition coefficient (Wildman–Crippen LogP) is 3.50. The fourth-order valence-corrected chi connectivity index (χ4v) is 1.31. The first-order valence-electron chi connectivity index (χ1n) is 5.33. The molecule has 0 aromatic heterocycles. The average molecular weight is 233 g/mol. The zero-order chi connectivity index (χ0) is 12.7. The van der Waals surface area contributed by atoms with Crippen LogP contribution in [-0.2, 0) is 11.2 Å². The van der Waals surface area contributed by atoms with Crippen LogP contribution in [0, 0.1) is 5.82 Å². The number of rotatable bonds is 6. The van der Waals surface area contributed by atoms with Crippen molar-refractivity contribution in [3.63, 3.8) is 0 Å². The molecule has 0 aliphatic carbocycles. The van der Waals surface area contributed by atoms with E-state index in [1.54, 1.807) is 24.3 Å². The summed E-state index contributed by atoms with van der Waals surface area (Å²) in [5.74, 6) is 0.196. The van der Waals surface area contributed by atoms with Crippen LogP contribution in [0.2, 0.25) is 0 Å². The molecule has 1 aromatic rings. The number of hydrogen-bond donors (Lipinski definition) is 0. The number of halogens is 1. The predicted molar refractivity (Wildman–Crippen MR) is 68.5 cm³/mol. The topological polar surface area (TPSA) is 21.6 Å². The lowest BCUT2D eigenvalue weighted by Gasteiger charge is -2.06. The van der Waals surface area contributed by atoms with Crippen molar-refractivity contribution in [1.29, 1.82) is 0 Å². The second-order valence-corrected chi connectivity index (χ2v) is 3.68. The number of nitrogens with zero attached hydrogens (tertiary/aromatic N) is 1. The number of allylic oxidation sites excluding steroid dienone is 2. The number of aliphatic imine (C=N–C) groups is 1. The van der Waals surface area contributed by atoms with Crippen molar-refractivity contribution in [1.82, 2.24) is 0 Å². The molecule has 90 valence electrons. The van der Waals surface area contributed by atoms with E-state index in [-0.39, 0.29) is 5.82 Å². The summed E-state index contributed by atoms with van der Waals surface area (Å²) in [5.41, 5.74) is 1.46. The monoisotopic (exact) mass is 233 g/mol. The molecule has 2 nitrogen and oxygen atoms in total. The molecule has 0 bridgehead atoms. The lowest BCUT2D eigenvalue weighted by molar-refractivity contribution is 0.213. The Labute approximate surface area is 101 Å². The van der Waals surface area contributed by atoms with E-state index >= 15 is 0 Å². The highest BCUT2D eigenvalue weighted by molar-refractivity contribution is 5.29. The lowest BCUT2D eigenvalue weighted by atomic mass is 10.1. The van der Waals surface area contributed by atoms with Gasteiger partial charge in [0.1, 0.15) is 5.82 Å². The highest BCUT2D eigenvalue weighted by Crippen LogP contribution is 2.09. The van der Waals surface area contributed by atoms with Gasteiger partial charge in [-0.2, -0.15) is 0 Å². The standard InChI is InChI=1S/C14H16FNO/c1-11(2)10-14(16-3)17-9-8-12-6-4-5-7-13(12)15/h4-7,10H,1,3,8-9H2,2H3/b14-10+. The molecular weight excluding hydrogens is 217 g/mol. The summed E-state index contributed by atoms with van der Waals surface area (Å²) >= 11 is 0. The van der Waals surface area contributed by atoms with Gasteiger partial charge < -0.3 is 4.74 Å².